The predicted octanol–water partition coefficient (Wildman–Crippen LogP) is 1.96. The second kappa shape index (κ2) is 3.12. The maximum atomic E-state index is 3.66. The molecular weight excluding hydrogens is 239 g/mol. The van der Waals surface area contributed by atoms with Crippen molar-refractivity contribution in [3.63, 3.8) is 0 Å². The van der Waals surface area contributed by atoms with Crippen LogP contribution in [-0.2, 0) is 0 Å². The lowest BCUT2D eigenvalue weighted by Crippen LogP contribution is -2.06. The highest BCUT2D eigenvalue weighted by Gasteiger charge is 2.10. The van der Waals surface area contributed by atoms with Crippen LogP contribution in [0, 0.1) is 0 Å². The molecule has 0 aromatic rings. The van der Waals surface area contributed by atoms with Gasteiger partial charge >= 0.3 is 0 Å². The molecule has 1 rings (SSSR count). The third-order valence-corrected chi connectivity index (χ3v) is 1.71. The average Bonchev–Trinajstić information content (AvgIpc) is 1.81. The summed E-state index contributed by atoms with van der Waals surface area (Å²) >= 11 is 2.31. The summed E-state index contributed by atoms with van der Waals surface area (Å²) in [7, 11) is 0. The maximum Gasteiger partial charge on any atom is 0.0645 e. The standard InChI is InChI=1S/C7H7IN2/c1-7(8)3-2-5-9-10-6-4-7/h2-5H,1H3/b3-2?,9-5-. The molecule has 52 valence electrons. The van der Waals surface area contributed by atoms with Gasteiger partial charge in [0.05, 0.1) is 9.64 Å². The summed E-state index contributed by atoms with van der Waals surface area (Å²) in [5.74, 6) is 2.72. The molecule has 0 amide bonds. The number of rotatable bonds is 0. The van der Waals surface area contributed by atoms with Gasteiger partial charge in [0.25, 0.3) is 0 Å². The first-order valence-corrected chi connectivity index (χ1v) is 3.98. The van der Waals surface area contributed by atoms with Gasteiger partial charge in [-0.25, -0.2) is 0 Å². The number of alkyl halides is 1. The second-order valence-electron chi connectivity index (χ2n) is 2.15. The Bertz CT molecular complexity index is 232. The minimum atomic E-state index is 0.0215. The summed E-state index contributed by atoms with van der Waals surface area (Å²) in [4.78, 5) is 0. The molecule has 1 atom stereocenters. The highest BCUT2D eigenvalue weighted by molar-refractivity contribution is 14.1. The Balaban J connectivity index is 2.92. The molecule has 3 heteroatoms. The Labute approximate surface area is 73.6 Å². The van der Waals surface area contributed by atoms with Gasteiger partial charge in [0.2, 0.25) is 0 Å². The van der Waals surface area contributed by atoms with E-state index in [1.54, 1.807) is 6.21 Å². The first kappa shape index (κ1) is 7.69. The molecule has 0 saturated carbocycles. The van der Waals surface area contributed by atoms with Crippen molar-refractivity contribution in [1.82, 2.24) is 0 Å². The minimum Gasteiger partial charge on any atom is -0.150 e. The van der Waals surface area contributed by atoms with Gasteiger partial charge in [-0.1, -0.05) is 28.7 Å². The van der Waals surface area contributed by atoms with Crippen molar-refractivity contribution in [3.8, 4) is 0 Å². The van der Waals surface area contributed by atoms with E-state index in [4.69, 9.17) is 0 Å². The van der Waals surface area contributed by atoms with Gasteiger partial charge in [0.1, 0.15) is 0 Å². The van der Waals surface area contributed by atoms with Crippen LogP contribution in [0.15, 0.2) is 28.4 Å². The van der Waals surface area contributed by atoms with Gasteiger partial charge in [-0.15, -0.1) is 5.10 Å². The zero-order chi connectivity index (χ0) is 7.45. The zero-order valence-corrected chi connectivity index (χ0v) is 7.74. The van der Waals surface area contributed by atoms with E-state index in [2.05, 4.69) is 45.6 Å². The zero-order valence-electron chi connectivity index (χ0n) is 5.58. The summed E-state index contributed by atoms with van der Waals surface area (Å²) in [5, 5.41) is 7.30. The fourth-order valence-electron chi connectivity index (χ4n) is 0.540. The van der Waals surface area contributed by atoms with Crippen LogP contribution in [0.1, 0.15) is 6.92 Å². The molecule has 1 unspecified atom stereocenters. The van der Waals surface area contributed by atoms with Gasteiger partial charge < -0.3 is 0 Å². The van der Waals surface area contributed by atoms with Crippen LogP contribution >= 0.6 is 22.6 Å². The molecule has 0 aromatic carbocycles. The topological polar surface area (TPSA) is 24.7 Å². The van der Waals surface area contributed by atoms with Crippen LogP contribution in [0.25, 0.3) is 0 Å². The summed E-state index contributed by atoms with van der Waals surface area (Å²) in [5.41, 5.74) is 0. The monoisotopic (exact) mass is 246 g/mol. The minimum absolute atomic E-state index is 0.0215. The van der Waals surface area contributed by atoms with Crippen LogP contribution in [0.3, 0.4) is 0 Å². The fraction of sp³-hybridized carbons (Fsp3) is 0.286. The SMILES string of the molecule is CC1(I)C=C=N/N=C\C=C1. The summed E-state index contributed by atoms with van der Waals surface area (Å²) < 4.78 is 0.0215. The smallest absolute Gasteiger partial charge is 0.0645 e. The molecule has 0 fully saturated rings. The Morgan fingerprint density at radius 1 is 1.60 bits per heavy atom. The van der Waals surface area contributed by atoms with E-state index in [-0.39, 0.29) is 3.42 Å². The Kier molecular flexibility index (Phi) is 2.40. The van der Waals surface area contributed by atoms with E-state index in [9.17, 15) is 0 Å². The third kappa shape index (κ3) is 2.45. The summed E-state index contributed by atoms with van der Waals surface area (Å²) in [6, 6.07) is 0. The number of hydrogen-bond donors (Lipinski definition) is 0. The quantitative estimate of drug-likeness (QED) is 0.461. The molecule has 0 saturated heterocycles. The van der Waals surface area contributed by atoms with Crippen molar-refractivity contribution in [2.24, 2.45) is 10.2 Å². The highest BCUT2D eigenvalue weighted by Crippen LogP contribution is 2.20. The van der Waals surface area contributed by atoms with Crippen molar-refractivity contribution in [2.75, 3.05) is 0 Å². The van der Waals surface area contributed by atoms with E-state index in [0.717, 1.165) is 0 Å². The fourth-order valence-corrected chi connectivity index (χ4v) is 0.886. The molecule has 0 radical (unpaired) electrons. The van der Waals surface area contributed by atoms with E-state index in [1.165, 1.54) is 0 Å². The van der Waals surface area contributed by atoms with E-state index >= 15 is 0 Å². The Morgan fingerprint density at radius 3 is 3.20 bits per heavy atom. The number of nitrogens with zero attached hydrogens (tertiary/aromatic N) is 2. The van der Waals surface area contributed by atoms with Crippen molar-refractivity contribution in [3.05, 3.63) is 18.2 Å². The van der Waals surface area contributed by atoms with Gasteiger partial charge in [0.15, 0.2) is 0 Å². The number of halogens is 1. The van der Waals surface area contributed by atoms with Crippen LogP contribution < -0.4 is 0 Å². The lowest BCUT2D eigenvalue weighted by atomic mass is 10.1. The van der Waals surface area contributed by atoms with E-state index < -0.39 is 0 Å². The molecule has 0 aliphatic carbocycles. The van der Waals surface area contributed by atoms with Crippen LogP contribution in [0.4, 0.5) is 0 Å². The maximum absolute atomic E-state index is 3.66. The molecule has 1 heterocycles. The normalized spacial score (nSPS) is 33.4. The van der Waals surface area contributed by atoms with Gasteiger partial charge in [-0.3, -0.25) is 0 Å². The second-order valence-corrected chi connectivity index (χ2v) is 4.47. The lowest BCUT2D eigenvalue weighted by Gasteiger charge is -2.08. The molecular formula is C7H7IN2. The van der Waals surface area contributed by atoms with Gasteiger partial charge in [-0.05, 0) is 19.1 Å². The Morgan fingerprint density at radius 2 is 2.40 bits per heavy atom. The van der Waals surface area contributed by atoms with Crippen molar-refractivity contribution < 1.29 is 0 Å². The summed E-state index contributed by atoms with van der Waals surface area (Å²) in [6.07, 6.45) is 7.45. The Hall–Kier alpha value is -0.410. The number of allylic oxidation sites excluding steroid dienone is 3. The van der Waals surface area contributed by atoms with Crippen LogP contribution in [-0.4, -0.2) is 15.5 Å². The highest BCUT2D eigenvalue weighted by atomic mass is 127. The molecule has 1 aliphatic heterocycles. The predicted molar refractivity (Wildman–Crippen MR) is 52.1 cm³/mol. The molecule has 0 N–H and O–H groups in total. The average molecular weight is 246 g/mol. The van der Waals surface area contributed by atoms with E-state index in [1.807, 2.05) is 18.2 Å². The van der Waals surface area contributed by atoms with E-state index in [0.29, 0.717) is 0 Å². The number of hydrogen-bond acceptors (Lipinski definition) is 2. The van der Waals surface area contributed by atoms with Crippen molar-refractivity contribution >= 4 is 34.7 Å². The van der Waals surface area contributed by atoms with Crippen LogP contribution in [0.2, 0.25) is 0 Å². The largest absolute Gasteiger partial charge is 0.150 e. The first-order valence-electron chi connectivity index (χ1n) is 2.90. The molecule has 0 bridgehead atoms. The molecule has 2 nitrogen and oxygen atoms in total. The van der Waals surface area contributed by atoms with Gasteiger partial charge in [-0.2, -0.15) is 5.10 Å². The molecule has 10 heavy (non-hydrogen) atoms. The van der Waals surface area contributed by atoms with Crippen molar-refractivity contribution in [2.45, 2.75) is 10.3 Å². The molecule has 1 aliphatic rings. The summed E-state index contributed by atoms with van der Waals surface area (Å²) in [6.45, 7) is 2.08. The third-order valence-electron chi connectivity index (χ3n) is 1.04. The molecule has 0 aromatic heterocycles. The molecule has 0 spiro atoms. The lowest BCUT2D eigenvalue weighted by molar-refractivity contribution is 1.06. The first-order chi connectivity index (χ1) is 4.71. The van der Waals surface area contributed by atoms with Crippen LogP contribution in [0.5, 0.6) is 0 Å². The van der Waals surface area contributed by atoms with Gasteiger partial charge in [0, 0.05) is 5.87 Å². The van der Waals surface area contributed by atoms with Crippen molar-refractivity contribution in [1.29, 1.82) is 0 Å².